The number of nitrogens with one attached hydrogen (secondary N) is 1. The summed E-state index contributed by atoms with van der Waals surface area (Å²) in [5.74, 6) is -0.509. The number of ether oxygens (including phenoxy) is 1. The van der Waals surface area contributed by atoms with Crippen molar-refractivity contribution in [3.63, 3.8) is 0 Å². The molecule has 0 heterocycles. The summed E-state index contributed by atoms with van der Waals surface area (Å²) in [5.41, 5.74) is 0. The third kappa shape index (κ3) is 53.3. The van der Waals surface area contributed by atoms with Gasteiger partial charge in [-0.15, -0.1) is 0 Å². The van der Waals surface area contributed by atoms with E-state index in [-0.39, 0.29) is 25.1 Å². The van der Waals surface area contributed by atoms with E-state index in [9.17, 15) is 19.0 Å². The van der Waals surface area contributed by atoms with Crippen LogP contribution in [0.2, 0.25) is 0 Å². The van der Waals surface area contributed by atoms with E-state index in [1.807, 2.05) is 33.3 Å². The Morgan fingerprint density at radius 3 is 1.19 bits per heavy atom. The first-order valence-corrected chi connectivity index (χ1v) is 32.7. The summed E-state index contributed by atoms with van der Waals surface area (Å²) in [7, 11) is 1.50. The number of rotatable bonds is 57. The molecule has 0 aromatic rings. The van der Waals surface area contributed by atoms with E-state index in [4.69, 9.17) is 13.8 Å². The summed E-state index contributed by atoms with van der Waals surface area (Å²) in [6.07, 6.45) is 61.8. The maximum absolute atomic E-state index is 13.5. The fraction of sp³-hybridized carbons (Fsp3) is 0.903. The number of likely N-dealkylation sites (N-methyl/N-ethyl adjacent to an activating group) is 1. The van der Waals surface area contributed by atoms with Crippen LogP contribution in [0.3, 0.4) is 0 Å². The molecule has 0 aromatic carbocycles. The van der Waals surface area contributed by atoms with Crippen molar-refractivity contribution in [2.24, 2.45) is 0 Å². The second-order valence-electron chi connectivity index (χ2n) is 22.6. The first-order valence-electron chi connectivity index (χ1n) is 31.2. The molecule has 0 rings (SSSR count). The molecule has 0 bridgehead atoms. The molecule has 0 saturated carbocycles. The lowest BCUT2D eigenvalue weighted by molar-refractivity contribution is -0.870. The monoisotopic (exact) mass is 1040 g/mol. The van der Waals surface area contributed by atoms with Crippen LogP contribution >= 0.6 is 7.82 Å². The highest BCUT2D eigenvalue weighted by molar-refractivity contribution is 7.47. The average molecular weight is 1040 g/mol. The number of quaternary nitrogens is 1. The van der Waals surface area contributed by atoms with E-state index >= 15 is 0 Å². The molecule has 0 aliphatic carbocycles. The minimum absolute atomic E-state index is 0.0409. The van der Waals surface area contributed by atoms with Gasteiger partial charge < -0.3 is 19.4 Å². The summed E-state index contributed by atoms with van der Waals surface area (Å²) in [5, 5.41) is 3.05. The first kappa shape index (κ1) is 70.5. The van der Waals surface area contributed by atoms with Crippen LogP contribution in [0.5, 0.6) is 0 Å². The van der Waals surface area contributed by atoms with E-state index in [1.54, 1.807) is 0 Å². The summed E-state index contributed by atoms with van der Waals surface area (Å²) in [6.45, 7) is 7.03. The van der Waals surface area contributed by atoms with E-state index < -0.39 is 20.0 Å². The van der Waals surface area contributed by atoms with Gasteiger partial charge in [-0.3, -0.25) is 18.6 Å². The van der Waals surface area contributed by atoms with Crippen LogP contribution in [0.1, 0.15) is 310 Å². The number of hydrogen-bond donors (Lipinski definition) is 2. The van der Waals surface area contributed by atoms with Crippen LogP contribution < -0.4 is 5.32 Å². The van der Waals surface area contributed by atoms with Gasteiger partial charge in [-0.1, -0.05) is 264 Å². The predicted molar refractivity (Wildman–Crippen MR) is 310 cm³/mol. The second-order valence-corrected chi connectivity index (χ2v) is 24.0. The summed E-state index contributed by atoms with van der Waals surface area (Å²) in [6, 6.07) is -0.849. The zero-order valence-electron chi connectivity index (χ0n) is 48.7. The Morgan fingerprint density at radius 1 is 0.472 bits per heavy atom. The third-order valence-electron chi connectivity index (χ3n) is 14.1. The molecule has 0 aliphatic heterocycles. The van der Waals surface area contributed by atoms with Crippen LogP contribution in [0.4, 0.5) is 0 Å². The topological polar surface area (TPSA) is 111 Å². The maximum atomic E-state index is 13.5. The Bertz CT molecular complexity index is 1290. The number of allylic oxidation sites excluding steroid dienone is 3. The summed E-state index contributed by atoms with van der Waals surface area (Å²) < 4.78 is 30.7. The molecule has 0 aliphatic rings. The molecule has 3 unspecified atom stereocenters. The van der Waals surface area contributed by atoms with Gasteiger partial charge in [0.2, 0.25) is 5.91 Å². The normalized spacial score (nSPS) is 13.8. The van der Waals surface area contributed by atoms with E-state index in [0.717, 1.165) is 70.6 Å². The minimum Gasteiger partial charge on any atom is -0.456 e. The minimum atomic E-state index is -4.44. The Morgan fingerprint density at radius 2 is 0.806 bits per heavy atom. The van der Waals surface area contributed by atoms with Gasteiger partial charge in [-0.2, -0.15) is 0 Å². The lowest BCUT2D eigenvalue weighted by Gasteiger charge is -2.27. The molecule has 2 N–H and O–H groups in total. The zero-order valence-corrected chi connectivity index (χ0v) is 49.6. The van der Waals surface area contributed by atoms with E-state index in [2.05, 4.69) is 38.2 Å². The van der Waals surface area contributed by atoms with Crippen LogP contribution in [-0.4, -0.2) is 74.3 Å². The second kappa shape index (κ2) is 52.9. The van der Waals surface area contributed by atoms with Gasteiger partial charge in [-0.25, -0.2) is 4.57 Å². The lowest BCUT2D eigenvalue weighted by Crippen LogP contribution is -2.47. The summed E-state index contributed by atoms with van der Waals surface area (Å²) >= 11 is 0. The fourth-order valence-corrected chi connectivity index (χ4v) is 10.0. The Labute approximate surface area is 447 Å². The van der Waals surface area contributed by atoms with Crippen LogP contribution in [0.15, 0.2) is 24.3 Å². The van der Waals surface area contributed by atoms with Crippen molar-refractivity contribution in [2.75, 3.05) is 40.9 Å². The number of esters is 1. The maximum Gasteiger partial charge on any atom is 0.472 e. The average Bonchev–Trinajstić information content (AvgIpc) is 3.34. The molecule has 72 heavy (non-hydrogen) atoms. The number of carbonyl (C=O) groups excluding carboxylic acids is 2. The standard InChI is InChI=1S/C62H121N2O7P/c1-7-10-13-16-19-22-25-27-29-30-31-32-33-34-35-37-40-43-46-49-52-55-62(66)71-60(53-50-47-44-41-38-24-21-18-15-12-9-3)59(58-70-72(67,68)69-57-56-64(4,5)6)63-61(65)54-51-48-45-42-39-36-28-26-23-20-17-14-11-8-2/h36,39,50,53,59-60H,7-35,37-38,40-49,51-52,54-58H2,1-6H3,(H-,63,65,67,68)/p+1/b39-36-,53-50-. The molecule has 10 heteroatoms. The number of carbonyl (C=O) groups is 2. The zero-order chi connectivity index (χ0) is 52.9. The van der Waals surface area contributed by atoms with Gasteiger partial charge in [0.05, 0.1) is 33.8 Å². The number of amides is 1. The molecule has 9 nitrogen and oxygen atoms in total. The van der Waals surface area contributed by atoms with Crippen molar-refractivity contribution in [1.82, 2.24) is 5.32 Å². The van der Waals surface area contributed by atoms with E-state index in [1.165, 1.54) is 205 Å². The smallest absolute Gasteiger partial charge is 0.456 e. The number of phosphoric acid groups is 1. The van der Waals surface area contributed by atoms with Gasteiger partial charge in [0.1, 0.15) is 19.3 Å². The lowest BCUT2D eigenvalue weighted by atomic mass is 10.0. The van der Waals surface area contributed by atoms with Crippen LogP contribution in [0.25, 0.3) is 0 Å². The Kier molecular flexibility index (Phi) is 51.8. The van der Waals surface area contributed by atoms with Crippen molar-refractivity contribution in [1.29, 1.82) is 0 Å². The molecule has 0 aromatic heterocycles. The molecular formula is C62H122N2O7P+. The van der Waals surface area contributed by atoms with E-state index in [0.29, 0.717) is 23.9 Å². The van der Waals surface area contributed by atoms with Crippen molar-refractivity contribution in [2.45, 2.75) is 322 Å². The summed E-state index contributed by atoms with van der Waals surface area (Å²) in [4.78, 5) is 37.6. The number of hydrogen-bond acceptors (Lipinski definition) is 6. The molecule has 0 saturated heterocycles. The van der Waals surface area contributed by atoms with Crippen molar-refractivity contribution in [3.05, 3.63) is 24.3 Å². The quantitative estimate of drug-likeness (QED) is 0.0205. The highest BCUT2D eigenvalue weighted by atomic mass is 31.2. The molecule has 1 amide bonds. The Balaban J connectivity index is 5.15. The van der Waals surface area contributed by atoms with Crippen molar-refractivity contribution < 1.29 is 37.3 Å². The highest BCUT2D eigenvalue weighted by Crippen LogP contribution is 2.43. The van der Waals surface area contributed by atoms with Crippen molar-refractivity contribution in [3.8, 4) is 0 Å². The molecule has 0 fully saturated rings. The number of nitrogens with zero attached hydrogens (tertiary/aromatic N) is 1. The largest absolute Gasteiger partial charge is 0.472 e. The predicted octanol–water partition coefficient (Wildman–Crippen LogP) is 18.9. The molecule has 3 atom stereocenters. The third-order valence-corrected chi connectivity index (χ3v) is 15.1. The molecular weight excluding hydrogens is 916 g/mol. The SMILES string of the molecule is CCCCCCCCC/C=C\CCCCCC(=O)NC(COP(=O)(O)OCC[N+](C)(C)C)C(/C=C\CCCCCCCCCCC)OC(=O)CCCCCCCCCCCCCCCCCCCCCCC. The first-order chi connectivity index (χ1) is 34.9. The van der Waals surface area contributed by atoms with Gasteiger partial charge in [-0.05, 0) is 57.4 Å². The van der Waals surface area contributed by atoms with Crippen molar-refractivity contribution >= 4 is 19.7 Å². The van der Waals surface area contributed by atoms with Gasteiger partial charge >= 0.3 is 13.8 Å². The fourth-order valence-electron chi connectivity index (χ4n) is 9.29. The van der Waals surface area contributed by atoms with Crippen LogP contribution in [0, 0.1) is 0 Å². The van der Waals surface area contributed by atoms with Gasteiger partial charge in [0, 0.05) is 12.8 Å². The van der Waals surface area contributed by atoms with Gasteiger partial charge in [0.25, 0.3) is 0 Å². The van der Waals surface area contributed by atoms with Gasteiger partial charge in [0.15, 0.2) is 0 Å². The number of phosphoric ester groups is 1. The molecule has 0 spiro atoms. The Hall–Kier alpha value is -1.51. The molecule has 426 valence electrons. The van der Waals surface area contributed by atoms with Crippen LogP contribution in [-0.2, 0) is 27.9 Å². The highest BCUT2D eigenvalue weighted by Gasteiger charge is 2.30. The molecule has 0 radical (unpaired) electrons. The number of unbranched alkanes of at least 4 members (excludes halogenated alkanes) is 39.